The van der Waals surface area contributed by atoms with Gasteiger partial charge in [-0.2, -0.15) is 0 Å². The van der Waals surface area contributed by atoms with Crippen molar-refractivity contribution in [2.45, 2.75) is 6.92 Å². The number of carbonyl (C=O) groups excluding carboxylic acids is 1. The fourth-order valence-corrected chi connectivity index (χ4v) is 1.99. The smallest absolute Gasteiger partial charge is 0.153 e. The van der Waals surface area contributed by atoms with Crippen molar-refractivity contribution in [3.63, 3.8) is 0 Å². The number of anilines is 1. The van der Waals surface area contributed by atoms with Gasteiger partial charge in [0.25, 0.3) is 0 Å². The number of rotatable bonds is 4. The molecule has 1 heterocycles. The van der Waals surface area contributed by atoms with Gasteiger partial charge in [0.2, 0.25) is 0 Å². The minimum Gasteiger partial charge on any atom is -0.355 e. The van der Waals surface area contributed by atoms with E-state index in [1.165, 1.54) is 0 Å². The Kier molecular flexibility index (Phi) is 3.42. The molecule has 0 N–H and O–H groups in total. The molecule has 0 amide bonds. The summed E-state index contributed by atoms with van der Waals surface area (Å²) in [7, 11) is 1.92. The van der Waals surface area contributed by atoms with E-state index in [1.807, 2.05) is 49.2 Å². The Morgan fingerprint density at radius 3 is 2.83 bits per heavy atom. The first-order chi connectivity index (χ1) is 8.61. The van der Waals surface area contributed by atoms with Crippen LogP contribution in [0.4, 0.5) is 5.82 Å². The first-order valence-electron chi connectivity index (χ1n) is 5.82. The molecule has 0 spiro atoms. The van der Waals surface area contributed by atoms with Gasteiger partial charge in [-0.15, -0.1) is 0 Å². The number of hydrogen-bond acceptors (Lipinski definition) is 3. The highest BCUT2D eigenvalue weighted by Crippen LogP contribution is 2.21. The lowest BCUT2D eigenvalue weighted by Gasteiger charge is -2.20. The number of hydrogen-bond donors (Lipinski definition) is 0. The fraction of sp³-hybridized carbons (Fsp3) is 0.200. The monoisotopic (exact) mass is 240 g/mol. The van der Waals surface area contributed by atoms with Crippen LogP contribution >= 0.6 is 0 Å². The van der Waals surface area contributed by atoms with E-state index in [1.54, 1.807) is 0 Å². The Morgan fingerprint density at radius 2 is 2.17 bits per heavy atom. The first kappa shape index (κ1) is 12.3. The van der Waals surface area contributed by atoms with E-state index in [4.69, 9.17) is 0 Å². The summed E-state index contributed by atoms with van der Waals surface area (Å²) in [5.41, 5.74) is 2.54. The van der Waals surface area contributed by atoms with Crippen molar-refractivity contribution >= 4 is 23.0 Å². The quantitative estimate of drug-likeness (QED) is 0.608. The van der Waals surface area contributed by atoms with E-state index >= 15 is 0 Å². The van der Waals surface area contributed by atoms with Crippen molar-refractivity contribution in [2.75, 3.05) is 18.5 Å². The zero-order valence-electron chi connectivity index (χ0n) is 10.7. The third kappa shape index (κ3) is 2.40. The number of aldehydes is 1. The van der Waals surface area contributed by atoms with Gasteiger partial charge in [-0.1, -0.05) is 30.4 Å². The zero-order valence-corrected chi connectivity index (χ0v) is 10.7. The maximum atomic E-state index is 11.2. The van der Waals surface area contributed by atoms with Crippen LogP contribution in [0.25, 0.3) is 10.9 Å². The molecule has 0 aliphatic rings. The SMILES string of the molecule is C=C(C)CN(C)c1nc2ccccc2cc1C=O. The predicted octanol–water partition coefficient (Wildman–Crippen LogP) is 3.06. The largest absolute Gasteiger partial charge is 0.355 e. The van der Waals surface area contributed by atoms with E-state index in [2.05, 4.69) is 11.6 Å². The van der Waals surface area contributed by atoms with Crippen LogP contribution in [0.2, 0.25) is 0 Å². The van der Waals surface area contributed by atoms with Crippen LogP contribution in [0.5, 0.6) is 0 Å². The standard InChI is InChI=1S/C15H16N2O/c1-11(2)9-17(3)15-13(10-18)8-12-6-4-5-7-14(12)16-15/h4-8,10H,1,9H2,2-3H3. The molecule has 1 aromatic heterocycles. The number of likely N-dealkylation sites (N-methyl/N-ethyl adjacent to an activating group) is 1. The first-order valence-corrected chi connectivity index (χ1v) is 5.82. The maximum Gasteiger partial charge on any atom is 0.153 e. The second-order valence-corrected chi connectivity index (χ2v) is 4.52. The van der Waals surface area contributed by atoms with Crippen molar-refractivity contribution < 1.29 is 4.79 Å². The maximum absolute atomic E-state index is 11.2. The van der Waals surface area contributed by atoms with Gasteiger partial charge >= 0.3 is 0 Å². The van der Waals surface area contributed by atoms with Crippen LogP contribution in [0, 0.1) is 0 Å². The lowest BCUT2D eigenvalue weighted by molar-refractivity contribution is 0.112. The number of pyridine rings is 1. The molecule has 3 heteroatoms. The van der Waals surface area contributed by atoms with Crippen LogP contribution in [0.3, 0.4) is 0 Å². The van der Waals surface area contributed by atoms with Crippen molar-refractivity contribution in [3.8, 4) is 0 Å². The van der Waals surface area contributed by atoms with E-state index in [0.29, 0.717) is 17.9 Å². The fourth-order valence-electron chi connectivity index (χ4n) is 1.99. The summed E-state index contributed by atoms with van der Waals surface area (Å²) < 4.78 is 0. The van der Waals surface area contributed by atoms with E-state index < -0.39 is 0 Å². The molecule has 0 aliphatic heterocycles. The summed E-state index contributed by atoms with van der Waals surface area (Å²) in [5, 5.41) is 0.979. The van der Waals surface area contributed by atoms with Gasteiger partial charge in [-0.25, -0.2) is 4.98 Å². The summed E-state index contributed by atoms with van der Waals surface area (Å²) in [6, 6.07) is 9.66. The molecular weight excluding hydrogens is 224 g/mol. The van der Waals surface area contributed by atoms with Gasteiger partial charge in [-0.3, -0.25) is 4.79 Å². The van der Waals surface area contributed by atoms with Crippen molar-refractivity contribution in [2.24, 2.45) is 0 Å². The van der Waals surface area contributed by atoms with E-state index in [9.17, 15) is 4.79 Å². The van der Waals surface area contributed by atoms with Crippen molar-refractivity contribution in [1.82, 2.24) is 4.98 Å². The Bertz CT molecular complexity index is 604. The molecule has 0 bridgehead atoms. The third-order valence-corrected chi connectivity index (χ3v) is 2.73. The highest BCUT2D eigenvalue weighted by atomic mass is 16.1. The number of fused-ring (bicyclic) bond motifs is 1. The van der Waals surface area contributed by atoms with Crippen LogP contribution in [0.15, 0.2) is 42.5 Å². The molecule has 3 nitrogen and oxygen atoms in total. The van der Waals surface area contributed by atoms with E-state index in [0.717, 1.165) is 22.8 Å². The predicted molar refractivity (Wildman–Crippen MR) is 75.2 cm³/mol. The van der Waals surface area contributed by atoms with Gasteiger partial charge in [0.05, 0.1) is 11.1 Å². The molecule has 0 atom stereocenters. The average molecular weight is 240 g/mol. The number of carbonyl (C=O) groups is 1. The van der Waals surface area contributed by atoms with Gasteiger partial charge in [-0.05, 0) is 19.1 Å². The molecule has 0 radical (unpaired) electrons. The Hall–Kier alpha value is -2.16. The van der Waals surface area contributed by atoms with Crippen LogP contribution in [-0.4, -0.2) is 24.9 Å². The van der Waals surface area contributed by atoms with Crippen LogP contribution in [0.1, 0.15) is 17.3 Å². The molecule has 0 unspecified atom stereocenters. The minimum atomic E-state index is 0.609. The second kappa shape index (κ2) is 5.00. The summed E-state index contributed by atoms with van der Waals surface area (Å²) in [4.78, 5) is 17.7. The highest BCUT2D eigenvalue weighted by molar-refractivity contribution is 5.91. The van der Waals surface area contributed by atoms with E-state index in [-0.39, 0.29) is 0 Å². The molecular formula is C15H16N2O. The van der Waals surface area contributed by atoms with Gasteiger partial charge < -0.3 is 4.90 Å². The molecule has 0 saturated heterocycles. The zero-order chi connectivity index (χ0) is 13.1. The molecule has 1 aromatic carbocycles. The summed E-state index contributed by atoms with van der Waals surface area (Å²) in [6.45, 7) is 6.52. The number of benzene rings is 1. The normalized spacial score (nSPS) is 10.3. The Labute approximate surface area is 107 Å². The Morgan fingerprint density at radius 1 is 1.44 bits per heavy atom. The molecule has 0 aliphatic carbocycles. The molecule has 0 fully saturated rings. The van der Waals surface area contributed by atoms with Crippen molar-refractivity contribution in [3.05, 3.63) is 48.0 Å². The van der Waals surface area contributed by atoms with Gasteiger partial charge in [0.15, 0.2) is 6.29 Å². The molecule has 92 valence electrons. The minimum absolute atomic E-state index is 0.609. The molecule has 2 aromatic rings. The number of nitrogens with zero attached hydrogens (tertiary/aromatic N) is 2. The summed E-state index contributed by atoms with van der Waals surface area (Å²) >= 11 is 0. The van der Waals surface area contributed by atoms with Gasteiger partial charge in [0.1, 0.15) is 5.82 Å². The molecule has 2 rings (SSSR count). The highest BCUT2D eigenvalue weighted by Gasteiger charge is 2.10. The van der Waals surface area contributed by atoms with Crippen LogP contribution < -0.4 is 4.90 Å². The third-order valence-electron chi connectivity index (χ3n) is 2.73. The van der Waals surface area contributed by atoms with Crippen molar-refractivity contribution in [1.29, 1.82) is 0 Å². The summed E-state index contributed by atoms with van der Waals surface area (Å²) in [6.07, 6.45) is 0.851. The topological polar surface area (TPSA) is 33.2 Å². The second-order valence-electron chi connectivity index (χ2n) is 4.52. The lowest BCUT2D eigenvalue weighted by Crippen LogP contribution is -2.21. The lowest BCUT2D eigenvalue weighted by atomic mass is 10.1. The molecule has 18 heavy (non-hydrogen) atoms. The van der Waals surface area contributed by atoms with Crippen LogP contribution in [-0.2, 0) is 0 Å². The Balaban J connectivity index is 2.54. The molecule has 0 saturated carbocycles. The number of para-hydroxylation sites is 1. The summed E-state index contributed by atoms with van der Waals surface area (Å²) in [5.74, 6) is 0.701. The average Bonchev–Trinajstić information content (AvgIpc) is 2.36. The van der Waals surface area contributed by atoms with Gasteiger partial charge in [0, 0.05) is 19.0 Å². The number of aromatic nitrogens is 1.